The zero-order chi connectivity index (χ0) is 9.24. The molecular formula is C9H18O3. The van der Waals surface area contributed by atoms with Gasteiger partial charge in [0.05, 0.1) is 12.2 Å². The molecule has 2 atom stereocenters. The average Bonchev–Trinajstić information content (AvgIpc) is 2.30. The van der Waals surface area contributed by atoms with E-state index in [-0.39, 0.29) is 12.2 Å². The first-order chi connectivity index (χ1) is 5.54. The summed E-state index contributed by atoms with van der Waals surface area (Å²) in [6.45, 7) is 6.68. The summed E-state index contributed by atoms with van der Waals surface area (Å²) in [5, 5.41) is 8.80. The topological polar surface area (TPSA) is 38.7 Å². The number of hydrogen-bond donors (Lipinski definition) is 1. The van der Waals surface area contributed by atoms with E-state index >= 15 is 0 Å². The first-order valence-corrected chi connectivity index (χ1v) is 4.49. The molecule has 3 heteroatoms. The maximum atomic E-state index is 8.80. The number of hydrogen-bond acceptors (Lipinski definition) is 3. The van der Waals surface area contributed by atoms with Gasteiger partial charge in [-0.25, -0.2) is 0 Å². The van der Waals surface area contributed by atoms with Crippen LogP contribution < -0.4 is 0 Å². The lowest BCUT2D eigenvalue weighted by Crippen LogP contribution is -2.32. The van der Waals surface area contributed by atoms with Crippen LogP contribution in [0.5, 0.6) is 0 Å². The molecule has 1 aliphatic heterocycles. The minimum atomic E-state index is -0.441. The van der Waals surface area contributed by atoms with Gasteiger partial charge in [-0.2, -0.15) is 0 Å². The third-order valence-corrected chi connectivity index (χ3v) is 2.43. The maximum Gasteiger partial charge on any atom is 0.166 e. The van der Waals surface area contributed by atoms with Crippen molar-refractivity contribution < 1.29 is 14.6 Å². The highest BCUT2D eigenvalue weighted by Gasteiger charge is 2.43. The SMILES string of the molecule is CCC1(C)OC[C@](C)(CCO)O1. The first-order valence-electron chi connectivity index (χ1n) is 4.49. The Morgan fingerprint density at radius 1 is 1.42 bits per heavy atom. The van der Waals surface area contributed by atoms with Gasteiger partial charge < -0.3 is 14.6 Å². The predicted molar refractivity (Wildman–Crippen MR) is 45.8 cm³/mol. The van der Waals surface area contributed by atoms with Crippen LogP contribution in [-0.2, 0) is 9.47 Å². The Balaban J connectivity index is 2.53. The molecule has 0 aliphatic carbocycles. The van der Waals surface area contributed by atoms with E-state index in [1.807, 2.05) is 20.8 Å². The molecule has 12 heavy (non-hydrogen) atoms. The van der Waals surface area contributed by atoms with Gasteiger partial charge in [0.1, 0.15) is 0 Å². The normalized spacial score (nSPS) is 42.0. The minimum absolute atomic E-state index is 0.152. The zero-order valence-electron chi connectivity index (χ0n) is 8.09. The van der Waals surface area contributed by atoms with Gasteiger partial charge in [-0.1, -0.05) is 6.92 Å². The van der Waals surface area contributed by atoms with E-state index in [1.165, 1.54) is 0 Å². The summed E-state index contributed by atoms with van der Waals surface area (Å²) in [6, 6.07) is 0. The molecule has 0 aromatic carbocycles. The lowest BCUT2D eigenvalue weighted by Gasteiger charge is -2.26. The average molecular weight is 174 g/mol. The van der Waals surface area contributed by atoms with Crippen LogP contribution in [0.2, 0.25) is 0 Å². The Morgan fingerprint density at radius 2 is 2.08 bits per heavy atom. The molecule has 0 saturated carbocycles. The largest absolute Gasteiger partial charge is 0.396 e. The predicted octanol–water partition coefficient (Wildman–Crippen LogP) is 1.30. The van der Waals surface area contributed by atoms with E-state index in [1.54, 1.807) is 0 Å². The molecule has 0 radical (unpaired) electrons. The molecule has 72 valence electrons. The minimum Gasteiger partial charge on any atom is -0.396 e. The van der Waals surface area contributed by atoms with Crippen LogP contribution in [0.25, 0.3) is 0 Å². The molecule has 0 spiro atoms. The van der Waals surface area contributed by atoms with Crippen molar-refractivity contribution in [1.29, 1.82) is 0 Å². The fraction of sp³-hybridized carbons (Fsp3) is 1.00. The Kier molecular flexibility index (Phi) is 2.76. The second kappa shape index (κ2) is 3.32. The summed E-state index contributed by atoms with van der Waals surface area (Å²) in [4.78, 5) is 0. The van der Waals surface area contributed by atoms with Crippen LogP contribution in [0.15, 0.2) is 0 Å². The highest BCUT2D eigenvalue weighted by Crippen LogP contribution is 2.34. The van der Waals surface area contributed by atoms with Crippen molar-refractivity contribution >= 4 is 0 Å². The summed E-state index contributed by atoms with van der Waals surface area (Å²) in [7, 11) is 0. The van der Waals surface area contributed by atoms with Crippen LogP contribution in [0.4, 0.5) is 0 Å². The van der Waals surface area contributed by atoms with E-state index in [2.05, 4.69) is 0 Å². The molecule has 1 saturated heterocycles. The second-order valence-corrected chi connectivity index (χ2v) is 3.80. The second-order valence-electron chi connectivity index (χ2n) is 3.80. The van der Waals surface area contributed by atoms with Gasteiger partial charge in [0.25, 0.3) is 0 Å². The monoisotopic (exact) mass is 174 g/mol. The fourth-order valence-electron chi connectivity index (χ4n) is 1.42. The quantitative estimate of drug-likeness (QED) is 0.701. The van der Waals surface area contributed by atoms with Crippen molar-refractivity contribution in [1.82, 2.24) is 0 Å². The third-order valence-electron chi connectivity index (χ3n) is 2.43. The summed E-state index contributed by atoms with van der Waals surface area (Å²) < 4.78 is 11.3. The van der Waals surface area contributed by atoms with Crippen molar-refractivity contribution in [2.45, 2.75) is 45.0 Å². The van der Waals surface area contributed by atoms with Gasteiger partial charge in [0.15, 0.2) is 5.79 Å². The van der Waals surface area contributed by atoms with E-state index in [9.17, 15) is 0 Å². The molecule has 0 bridgehead atoms. The van der Waals surface area contributed by atoms with Crippen molar-refractivity contribution in [3.63, 3.8) is 0 Å². The van der Waals surface area contributed by atoms with Crippen molar-refractivity contribution in [2.24, 2.45) is 0 Å². The van der Waals surface area contributed by atoms with E-state index in [0.29, 0.717) is 13.0 Å². The van der Waals surface area contributed by atoms with Gasteiger partial charge in [0, 0.05) is 13.0 Å². The van der Waals surface area contributed by atoms with Gasteiger partial charge in [0.2, 0.25) is 0 Å². The molecule has 1 aliphatic rings. The number of ether oxygens (including phenoxy) is 2. The van der Waals surface area contributed by atoms with E-state index in [4.69, 9.17) is 14.6 Å². The Hall–Kier alpha value is -0.120. The Labute approximate surface area is 73.7 Å². The van der Waals surface area contributed by atoms with Gasteiger partial charge >= 0.3 is 0 Å². The highest BCUT2D eigenvalue weighted by molar-refractivity contribution is 4.84. The molecule has 1 heterocycles. The van der Waals surface area contributed by atoms with Crippen LogP contribution >= 0.6 is 0 Å². The number of rotatable bonds is 3. The van der Waals surface area contributed by atoms with Gasteiger partial charge in [-0.15, -0.1) is 0 Å². The molecule has 0 amide bonds. The Bertz CT molecular complexity index is 160. The smallest absolute Gasteiger partial charge is 0.166 e. The van der Waals surface area contributed by atoms with Crippen molar-refractivity contribution in [3.8, 4) is 0 Å². The number of aliphatic hydroxyl groups excluding tert-OH is 1. The van der Waals surface area contributed by atoms with E-state index in [0.717, 1.165) is 6.42 Å². The molecule has 0 aromatic rings. The highest BCUT2D eigenvalue weighted by atomic mass is 16.8. The zero-order valence-corrected chi connectivity index (χ0v) is 8.09. The van der Waals surface area contributed by atoms with Crippen LogP contribution in [0.3, 0.4) is 0 Å². The molecule has 1 N–H and O–H groups in total. The standard InChI is InChI=1S/C9H18O3/c1-4-9(3)11-7-8(2,12-9)5-6-10/h10H,4-7H2,1-3H3/t8-,9?/m0/s1. The molecule has 3 nitrogen and oxygen atoms in total. The third kappa shape index (κ3) is 1.97. The summed E-state index contributed by atoms with van der Waals surface area (Å²) in [5.41, 5.74) is -0.292. The van der Waals surface area contributed by atoms with Crippen molar-refractivity contribution in [2.75, 3.05) is 13.2 Å². The number of aliphatic hydroxyl groups is 1. The lowest BCUT2D eigenvalue weighted by atomic mass is 10.1. The van der Waals surface area contributed by atoms with Gasteiger partial charge in [-0.3, -0.25) is 0 Å². The maximum absolute atomic E-state index is 8.80. The lowest BCUT2D eigenvalue weighted by molar-refractivity contribution is -0.174. The van der Waals surface area contributed by atoms with Crippen LogP contribution in [0, 0.1) is 0 Å². The van der Waals surface area contributed by atoms with Gasteiger partial charge in [-0.05, 0) is 20.3 Å². The first kappa shape index (κ1) is 9.96. The van der Waals surface area contributed by atoms with E-state index < -0.39 is 5.79 Å². The van der Waals surface area contributed by atoms with Crippen LogP contribution in [0.1, 0.15) is 33.6 Å². The summed E-state index contributed by atoms with van der Waals surface area (Å²) >= 11 is 0. The molecule has 1 rings (SSSR count). The molecular weight excluding hydrogens is 156 g/mol. The summed E-state index contributed by atoms with van der Waals surface area (Å²) in [6.07, 6.45) is 1.48. The fourth-order valence-corrected chi connectivity index (χ4v) is 1.42. The molecule has 1 fully saturated rings. The molecule has 1 unspecified atom stereocenters. The van der Waals surface area contributed by atoms with Crippen molar-refractivity contribution in [3.05, 3.63) is 0 Å². The van der Waals surface area contributed by atoms with Crippen LogP contribution in [-0.4, -0.2) is 29.7 Å². The Morgan fingerprint density at radius 3 is 2.50 bits per heavy atom. The summed E-state index contributed by atoms with van der Waals surface area (Å²) in [5.74, 6) is -0.441. The molecule has 0 aromatic heterocycles.